The first-order chi connectivity index (χ1) is 12.2. The fourth-order valence-corrected chi connectivity index (χ4v) is 4.34. The second-order valence-electron chi connectivity index (χ2n) is 7.03. The van der Waals surface area contributed by atoms with Gasteiger partial charge in [0.15, 0.2) is 0 Å². The van der Waals surface area contributed by atoms with Crippen LogP contribution in [0.1, 0.15) is 26.3 Å². The minimum atomic E-state index is -3.87. The molecule has 1 aliphatic heterocycles. The van der Waals surface area contributed by atoms with Crippen LogP contribution in [0.3, 0.4) is 0 Å². The molecule has 0 saturated carbocycles. The van der Waals surface area contributed by atoms with E-state index in [2.05, 4.69) is 4.99 Å². The van der Waals surface area contributed by atoms with Gasteiger partial charge < -0.3 is 11.1 Å². The first kappa shape index (κ1) is 21.2. The van der Waals surface area contributed by atoms with Crippen LogP contribution in [0.2, 0.25) is 0 Å². The summed E-state index contributed by atoms with van der Waals surface area (Å²) in [5.41, 5.74) is 4.33. The fraction of sp³-hybridized carbons (Fsp3) is 0.500. The molecule has 0 unspecified atom stereocenters. The molecule has 27 heavy (non-hydrogen) atoms. The van der Waals surface area contributed by atoms with Gasteiger partial charge in [0.25, 0.3) is 5.91 Å². The van der Waals surface area contributed by atoms with Crippen LogP contribution in [0.4, 0.5) is 18.9 Å². The molecule has 1 aromatic rings. The molecule has 150 valence electrons. The van der Waals surface area contributed by atoms with Crippen molar-refractivity contribution in [3.63, 3.8) is 0 Å². The summed E-state index contributed by atoms with van der Waals surface area (Å²) in [6.45, 7) is 4.02. The summed E-state index contributed by atoms with van der Waals surface area (Å²) in [6, 6.07) is 3.25. The van der Waals surface area contributed by atoms with Crippen LogP contribution in [0, 0.1) is 5.82 Å². The summed E-state index contributed by atoms with van der Waals surface area (Å²) < 4.78 is 64.3. The van der Waals surface area contributed by atoms with Crippen molar-refractivity contribution in [2.75, 3.05) is 18.9 Å². The smallest absolute Gasteiger partial charge is 0.315 e. The van der Waals surface area contributed by atoms with Crippen molar-refractivity contribution in [2.24, 2.45) is 10.7 Å². The zero-order chi connectivity index (χ0) is 20.8. The van der Waals surface area contributed by atoms with E-state index < -0.39 is 38.5 Å². The molecule has 0 saturated heterocycles. The lowest BCUT2D eigenvalue weighted by Crippen LogP contribution is -2.50. The van der Waals surface area contributed by atoms with E-state index in [1.54, 1.807) is 0 Å². The number of rotatable bonds is 3. The van der Waals surface area contributed by atoms with Gasteiger partial charge in [0.1, 0.15) is 21.9 Å². The molecule has 0 radical (unpaired) electrons. The van der Waals surface area contributed by atoms with E-state index in [4.69, 9.17) is 5.73 Å². The topological polar surface area (TPSA) is 105 Å². The van der Waals surface area contributed by atoms with Crippen molar-refractivity contribution in [1.29, 1.82) is 0 Å². The Morgan fingerprint density at radius 3 is 2.48 bits per heavy atom. The van der Waals surface area contributed by atoms with Gasteiger partial charge in [-0.25, -0.2) is 17.1 Å². The number of amides is 1. The first-order valence-electron chi connectivity index (χ1n) is 7.93. The summed E-state index contributed by atoms with van der Waals surface area (Å²) in [5.74, 6) is -2.49. The zero-order valence-electron chi connectivity index (χ0n) is 15.3. The van der Waals surface area contributed by atoms with Gasteiger partial charge in [-0.05, 0) is 39.0 Å². The summed E-state index contributed by atoms with van der Waals surface area (Å²) in [5, 5.41) is 1.97. The second kappa shape index (κ2) is 6.79. The highest BCUT2D eigenvalue weighted by molar-refractivity contribution is 7.91. The molecule has 1 aromatic carbocycles. The Balaban J connectivity index is 2.59. The number of anilines is 1. The van der Waals surface area contributed by atoms with E-state index in [9.17, 15) is 26.4 Å². The number of nitrogens with two attached hydrogens (primary N) is 1. The van der Waals surface area contributed by atoms with Crippen molar-refractivity contribution in [3.8, 4) is 0 Å². The average Bonchev–Trinajstić information content (AvgIpc) is 2.59. The zero-order valence-corrected chi connectivity index (χ0v) is 16.1. The maximum absolute atomic E-state index is 14.5. The molecule has 2 rings (SSSR count). The van der Waals surface area contributed by atoms with Gasteiger partial charge >= 0.3 is 6.43 Å². The quantitative estimate of drug-likeness (QED) is 0.796. The predicted molar refractivity (Wildman–Crippen MR) is 95.6 cm³/mol. The van der Waals surface area contributed by atoms with E-state index >= 15 is 0 Å². The van der Waals surface area contributed by atoms with Crippen molar-refractivity contribution < 1.29 is 26.4 Å². The number of sulfonamides is 1. The number of halogens is 3. The van der Waals surface area contributed by atoms with Crippen LogP contribution in [-0.4, -0.2) is 49.2 Å². The number of likely N-dealkylation sites (N-methyl/N-ethyl adjacent to an activating group) is 1. The molecule has 0 aromatic heterocycles. The van der Waals surface area contributed by atoms with E-state index in [1.807, 2.05) is 5.32 Å². The maximum atomic E-state index is 14.5. The molecule has 1 aliphatic rings. The lowest BCUT2D eigenvalue weighted by Gasteiger charge is -2.29. The highest BCUT2D eigenvalue weighted by atomic mass is 32.2. The van der Waals surface area contributed by atoms with Crippen molar-refractivity contribution in [1.82, 2.24) is 4.31 Å². The van der Waals surface area contributed by atoms with Gasteiger partial charge in [-0.3, -0.25) is 9.79 Å². The number of nitrogens with zero attached hydrogens (tertiary/aromatic N) is 2. The Morgan fingerprint density at radius 1 is 1.33 bits per heavy atom. The highest BCUT2D eigenvalue weighted by Crippen LogP contribution is 2.36. The van der Waals surface area contributed by atoms with Crippen LogP contribution < -0.4 is 11.1 Å². The second-order valence-corrected chi connectivity index (χ2v) is 9.62. The van der Waals surface area contributed by atoms with Crippen LogP contribution in [0.5, 0.6) is 0 Å². The lowest BCUT2D eigenvalue weighted by molar-refractivity contribution is -0.126. The van der Waals surface area contributed by atoms with Gasteiger partial charge in [-0.2, -0.15) is 8.78 Å². The summed E-state index contributed by atoms with van der Waals surface area (Å²) in [4.78, 5) is 15.5. The number of nitrogens with one attached hydrogen (secondary N) is 1. The third-order valence-corrected chi connectivity index (χ3v) is 7.03. The molecule has 1 atom stereocenters. The van der Waals surface area contributed by atoms with Crippen LogP contribution >= 0.6 is 0 Å². The van der Waals surface area contributed by atoms with Crippen molar-refractivity contribution in [3.05, 3.63) is 29.6 Å². The van der Waals surface area contributed by atoms with E-state index in [1.165, 1.54) is 27.8 Å². The number of carbonyl (C=O) groups is 1. The maximum Gasteiger partial charge on any atom is 0.315 e. The monoisotopic (exact) mass is 406 g/mol. The number of hydrogen-bond acceptors (Lipinski definition) is 5. The van der Waals surface area contributed by atoms with E-state index in [-0.39, 0.29) is 23.6 Å². The minimum absolute atomic E-state index is 0.0688. The number of hydrogen-bond donors (Lipinski definition) is 2. The van der Waals surface area contributed by atoms with Gasteiger partial charge in [-0.1, -0.05) is 0 Å². The molecule has 0 bridgehead atoms. The Bertz CT molecular complexity index is 902. The Kier molecular flexibility index (Phi) is 5.32. The number of aliphatic imine (C=N–C) groups is 1. The SMILES string of the molecule is CN1C[C@@](C)(c2cc(NC(=O)C(F)F)ccc2F)N=C(N)C(C)(C)S1(=O)=O. The predicted octanol–water partition coefficient (Wildman–Crippen LogP) is 1.66. The van der Waals surface area contributed by atoms with E-state index in [0.717, 1.165) is 22.5 Å². The third kappa shape index (κ3) is 3.65. The van der Waals surface area contributed by atoms with Crippen LogP contribution in [0.25, 0.3) is 0 Å². The number of alkyl halides is 2. The Morgan fingerprint density at radius 2 is 1.93 bits per heavy atom. The molecular weight excluding hydrogens is 385 g/mol. The fourth-order valence-electron chi connectivity index (χ4n) is 2.83. The van der Waals surface area contributed by atoms with Gasteiger partial charge in [0.2, 0.25) is 10.0 Å². The number of benzene rings is 1. The van der Waals surface area contributed by atoms with Crippen molar-refractivity contribution >= 4 is 27.5 Å². The highest BCUT2D eigenvalue weighted by Gasteiger charge is 2.48. The molecule has 0 fully saturated rings. The molecule has 1 heterocycles. The Hall–Kier alpha value is -2.14. The number of amidine groups is 1. The van der Waals surface area contributed by atoms with Crippen LogP contribution in [-0.2, 0) is 20.4 Å². The molecule has 11 heteroatoms. The molecule has 7 nitrogen and oxygen atoms in total. The van der Waals surface area contributed by atoms with Crippen molar-refractivity contribution in [2.45, 2.75) is 37.5 Å². The Labute approximate surface area is 155 Å². The van der Waals surface area contributed by atoms with Gasteiger partial charge in [0.05, 0.1) is 0 Å². The summed E-state index contributed by atoms with van der Waals surface area (Å²) in [7, 11) is -2.55. The lowest BCUT2D eigenvalue weighted by atomic mass is 9.91. The largest absolute Gasteiger partial charge is 0.386 e. The first-order valence-corrected chi connectivity index (χ1v) is 9.37. The van der Waals surface area contributed by atoms with Crippen LogP contribution in [0.15, 0.2) is 23.2 Å². The average molecular weight is 406 g/mol. The van der Waals surface area contributed by atoms with E-state index in [0.29, 0.717) is 0 Å². The molecule has 3 N–H and O–H groups in total. The molecule has 0 spiro atoms. The standard InChI is InChI=1S/C16H21F3N4O3S/c1-15(2)14(20)22-16(3,8-23(4)27(15,25)26)10-7-9(5-6-11(10)17)21-13(24)12(18)19/h5-7,12H,8H2,1-4H3,(H2,20,22)(H,21,24)/t16-/m0/s1. The summed E-state index contributed by atoms with van der Waals surface area (Å²) >= 11 is 0. The molecule has 0 aliphatic carbocycles. The molecule has 1 amide bonds. The third-order valence-electron chi connectivity index (χ3n) is 4.58. The van der Waals surface area contributed by atoms with Gasteiger partial charge in [-0.15, -0.1) is 0 Å². The molecular formula is C16H21F3N4O3S. The minimum Gasteiger partial charge on any atom is -0.386 e. The summed E-state index contributed by atoms with van der Waals surface area (Å²) in [6.07, 6.45) is -3.24. The van der Waals surface area contributed by atoms with Gasteiger partial charge in [0, 0.05) is 24.8 Å². The number of carbonyl (C=O) groups excluding carboxylic acids is 1. The normalized spacial score (nSPS) is 25.0.